The summed E-state index contributed by atoms with van der Waals surface area (Å²) in [7, 11) is 0. The number of aromatic nitrogens is 1. The van der Waals surface area contributed by atoms with Crippen molar-refractivity contribution in [3.63, 3.8) is 0 Å². The van der Waals surface area contributed by atoms with E-state index in [9.17, 15) is 4.79 Å². The monoisotopic (exact) mass is 250 g/mol. The number of hydrogen-bond donors (Lipinski definition) is 2. The van der Waals surface area contributed by atoms with Gasteiger partial charge in [-0.3, -0.25) is 4.79 Å². The van der Waals surface area contributed by atoms with Gasteiger partial charge in [-0.05, 0) is 25.5 Å². The lowest BCUT2D eigenvalue weighted by atomic mass is 10.2. The zero-order chi connectivity index (χ0) is 13.4. The van der Waals surface area contributed by atoms with Gasteiger partial charge in [0, 0.05) is 38.8 Å². The number of pyridine rings is 1. The molecule has 0 saturated carbocycles. The van der Waals surface area contributed by atoms with Crippen LogP contribution in [0.4, 0.5) is 5.82 Å². The van der Waals surface area contributed by atoms with Gasteiger partial charge in [-0.1, -0.05) is 6.07 Å². The number of nitrogens with zero attached hydrogens (tertiary/aromatic N) is 2. The smallest absolute Gasteiger partial charge is 0.221 e. The fourth-order valence-electron chi connectivity index (χ4n) is 1.68. The Morgan fingerprint density at radius 3 is 2.61 bits per heavy atom. The highest BCUT2D eigenvalue weighted by Gasteiger charge is 2.04. The Balaban J connectivity index is 2.52. The van der Waals surface area contributed by atoms with Gasteiger partial charge in [-0.15, -0.1) is 0 Å². The minimum absolute atomic E-state index is 0.0229. The van der Waals surface area contributed by atoms with Gasteiger partial charge >= 0.3 is 0 Å². The fourth-order valence-corrected chi connectivity index (χ4v) is 1.68. The second-order valence-corrected chi connectivity index (χ2v) is 4.01. The van der Waals surface area contributed by atoms with E-state index in [4.69, 9.17) is 5.73 Å². The molecule has 0 aliphatic rings. The summed E-state index contributed by atoms with van der Waals surface area (Å²) >= 11 is 0. The van der Waals surface area contributed by atoms with Gasteiger partial charge in [0.25, 0.3) is 0 Å². The van der Waals surface area contributed by atoms with Gasteiger partial charge in [-0.2, -0.15) is 0 Å². The lowest BCUT2D eigenvalue weighted by Crippen LogP contribution is -2.25. The molecule has 0 saturated heterocycles. The molecule has 0 radical (unpaired) electrons. The van der Waals surface area contributed by atoms with Crippen LogP contribution in [0.2, 0.25) is 0 Å². The second kappa shape index (κ2) is 7.66. The number of nitrogens with two attached hydrogens (primary N) is 1. The third kappa shape index (κ3) is 4.33. The van der Waals surface area contributed by atoms with Crippen LogP contribution in [0.5, 0.6) is 0 Å². The van der Waals surface area contributed by atoms with Crippen molar-refractivity contribution in [2.75, 3.05) is 24.5 Å². The summed E-state index contributed by atoms with van der Waals surface area (Å²) in [5, 5.41) is 2.80. The average Bonchev–Trinajstić information content (AvgIpc) is 2.39. The van der Waals surface area contributed by atoms with Crippen LogP contribution in [-0.2, 0) is 11.3 Å². The highest BCUT2D eigenvalue weighted by molar-refractivity contribution is 5.76. The molecular formula is C13H22N4O. The largest absolute Gasteiger partial charge is 0.357 e. The molecule has 5 nitrogen and oxygen atoms in total. The van der Waals surface area contributed by atoms with Crippen molar-refractivity contribution < 1.29 is 4.79 Å². The van der Waals surface area contributed by atoms with Crippen LogP contribution in [0, 0.1) is 0 Å². The van der Waals surface area contributed by atoms with Crippen molar-refractivity contribution in [3.05, 3.63) is 23.9 Å². The molecule has 18 heavy (non-hydrogen) atoms. The Labute approximate surface area is 108 Å². The zero-order valence-corrected chi connectivity index (χ0v) is 11.1. The van der Waals surface area contributed by atoms with E-state index in [-0.39, 0.29) is 5.91 Å². The molecule has 1 aromatic rings. The van der Waals surface area contributed by atoms with E-state index >= 15 is 0 Å². The molecule has 1 aromatic heterocycles. The summed E-state index contributed by atoms with van der Waals surface area (Å²) in [5.41, 5.74) is 6.30. The van der Waals surface area contributed by atoms with Crippen LogP contribution in [0.25, 0.3) is 0 Å². The van der Waals surface area contributed by atoms with Gasteiger partial charge in [0.2, 0.25) is 5.91 Å². The predicted octanol–water partition coefficient (Wildman–Crippen LogP) is 0.893. The Kier molecular flexibility index (Phi) is 6.14. The Bertz CT molecular complexity index is 360. The quantitative estimate of drug-likeness (QED) is 0.754. The summed E-state index contributed by atoms with van der Waals surface area (Å²) in [5.74, 6) is 0.947. The van der Waals surface area contributed by atoms with Gasteiger partial charge in [-0.25, -0.2) is 4.98 Å². The topological polar surface area (TPSA) is 71.2 Å². The van der Waals surface area contributed by atoms with E-state index in [1.54, 1.807) is 6.20 Å². The average molecular weight is 250 g/mol. The van der Waals surface area contributed by atoms with E-state index < -0.39 is 0 Å². The van der Waals surface area contributed by atoms with Crippen molar-refractivity contribution in [1.82, 2.24) is 10.3 Å². The number of carbonyl (C=O) groups is 1. The zero-order valence-electron chi connectivity index (χ0n) is 11.1. The lowest BCUT2D eigenvalue weighted by molar-refractivity contribution is -0.121. The summed E-state index contributed by atoms with van der Waals surface area (Å²) in [6, 6.07) is 3.97. The van der Waals surface area contributed by atoms with Crippen LogP contribution in [0.15, 0.2) is 18.3 Å². The molecule has 1 heterocycles. The van der Waals surface area contributed by atoms with Crippen LogP contribution in [0.1, 0.15) is 25.8 Å². The standard InChI is InChI=1S/C13H22N4O/c1-3-17(4-2)12-6-5-11(9-15-12)10-16-13(18)7-8-14/h5-6,9H,3-4,7-8,10,14H2,1-2H3,(H,16,18). The molecule has 0 unspecified atom stereocenters. The molecule has 0 bridgehead atoms. The number of hydrogen-bond acceptors (Lipinski definition) is 4. The van der Waals surface area contributed by atoms with Crippen molar-refractivity contribution in [1.29, 1.82) is 0 Å². The molecule has 1 amide bonds. The molecule has 3 N–H and O–H groups in total. The van der Waals surface area contributed by atoms with Gasteiger partial charge in [0.15, 0.2) is 0 Å². The first-order valence-corrected chi connectivity index (χ1v) is 6.37. The van der Waals surface area contributed by atoms with Crippen LogP contribution < -0.4 is 16.0 Å². The maximum atomic E-state index is 11.3. The maximum Gasteiger partial charge on any atom is 0.221 e. The number of amides is 1. The number of rotatable bonds is 7. The Morgan fingerprint density at radius 2 is 2.11 bits per heavy atom. The van der Waals surface area contributed by atoms with Crippen LogP contribution >= 0.6 is 0 Å². The molecule has 0 aliphatic carbocycles. The molecule has 0 aromatic carbocycles. The summed E-state index contributed by atoms with van der Waals surface area (Å²) < 4.78 is 0. The summed E-state index contributed by atoms with van der Waals surface area (Å²) in [6.07, 6.45) is 2.17. The van der Waals surface area contributed by atoms with Crippen molar-refractivity contribution in [3.8, 4) is 0 Å². The normalized spacial score (nSPS) is 10.2. The molecule has 5 heteroatoms. The molecule has 0 spiro atoms. The number of anilines is 1. The first kappa shape index (κ1) is 14.4. The molecule has 0 atom stereocenters. The predicted molar refractivity (Wildman–Crippen MR) is 73.3 cm³/mol. The minimum Gasteiger partial charge on any atom is -0.357 e. The first-order chi connectivity index (χ1) is 8.71. The summed E-state index contributed by atoms with van der Waals surface area (Å²) in [4.78, 5) is 17.8. The van der Waals surface area contributed by atoms with Crippen LogP contribution in [0.3, 0.4) is 0 Å². The number of nitrogens with one attached hydrogen (secondary N) is 1. The van der Waals surface area contributed by atoms with Gasteiger partial charge in [0.05, 0.1) is 0 Å². The Morgan fingerprint density at radius 1 is 1.39 bits per heavy atom. The second-order valence-electron chi connectivity index (χ2n) is 4.01. The molecule has 100 valence electrons. The molecule has 0 fully saturated rings. The highest BCUT2D eigenvalue weighted by Crippen LogP contribution is 2.10. The lowest BCUT2D eigenvalue weighted by Gasteiger charge is -2.19. The first-order valence-electron chi connectivity index (χ1n) is 6.37. The Hall–Kier alpha value is -1.62. The minimum atomic E-state index is -0.0229. The maximum absolute atomic E-state index is 11.3. The highest BCUT2D eigenvalue weighted by atomic mass is 16.1. The van der Waals surface area contributed by atoms with E-state index in [0.29, 0.717) is 19.5 Å². The van der Waals surface area contributed by atoms with E-state index in [2.05, 4.69) is 29.0 Å². The van der Waals surface area contributed by atoms with Crippen molar-refractivity contribution >= 4 is 11.7 Å². The van der Waals surface area contributed by atoms with E-state index in [0.717, 1.165) is 24.5 Å². The third-order valence-electron chi connectivity index (χ3n) is 2.76. The van der Waals surface area contributed by atoms with Crippen molar-refractivity contribution in [2.45, 2.75) is 26.8 Å². The van der Waals surface area contributed by atoms with E-state index in [1.807, 2.05) is 12.1 Å². The van der Waals surface area contributed by atoms with E-state index in [1.165, 1.54) is 0 Å². The fraction of sp³-hybridized carbons (Fsp3) is 0.538. The molecule has 1 rings (SSSR count). The van der Waals surface area contributed by atoms with Crippen molar-refractivity contribution in [2.24, 2.45) is 5.73 Å². The van der Waals surface area contributed by atoms with Crippen LogP contribution in [-0.4, -0.2) is 30.5 Å². The molecule has 0 aliphatic heterocycles. The van der Waals surface area contributed by atoms with Gasteiger partial charge < -0.3 is 16.0 Å². The summed E-state index contributed by atoms with van der Waals surface area (Å²) in [6.45, 7) is 6.97. The number of carbonyl (C=O) groups excluding carboxylic acids is 1. The van der Waals surface area contributed by atoms with Gasteiger partial charge in [0.1, 0.15) is 5.82 Å². The third-order valence-corrected chi connectivity index (χ3v) is 2.76. The molecular weight excluding hydrogens is 228 g/mol. The SMILES string of the molecule is CCN(CC)c1ccc(CNC(=O)CCN)cn1.